The number of hydrogen-bond acceptors (Lipinski definition) is 8. The first-order chi connectivity index (χ1) is 59.9. The molecule has 123 heavy (non-hydrogen) atoms. The first-order valence-electron chi connectivity index (χ1n) is 41.8. The van der Waals surface area contributed by atoms with Gasteiger partial charge in [-0.05, 0) is 162 Å². The molecule has 18 aromatic rings. The van der Waals surface area contributed by atoms with E-state index in [1.165, 1.54) is 106 Å². The fraction of sp³-hybridized carbons (Fsp3) is 0.0885. The average molecular weight is 1610 g/mol. The lowest BCUT2D eigenvalue weighted by Gasteiger charge is -2.49. The van der Waals surface area contributed by atoms with Gasteiger partial charge in [-0.15, -0.1) is 0 Å². The van der Waals surface area contributed by atoms with Crippen LogP contribution in [0.5, 0.6) is 0 Å². The summed E-state index contributed by atoms with van der Waals surface area (Å²) in [6, 6.07) is 152. The molecule has 5 aliphatic rings. The van der Waals surface area contributed by atoms with Crippen molar-refractivity contribution >= 4 is 24.2 Å². The second kappa shape index (κ2) is 31.1. The summed E-state index contributed by atoms with van der Waals surface area (Å²) in [7, 11) is -0.458. The summed E-state index contributed by atoms with van der Waals surface area (Å²) < 4.78 is 13.2. The van der Waals surface area contributed by atoms with Gasteiger partial charge >= 0.3 is 7.12 Å². The third kappa shape index (κ3) is 12.3. The topological polar surface area (TPSA) is 95.8 Å². The molecule has 590 valence electrons. The van der Waals surface area contributed by atoms with E-state index in [9.17, 15) is 0 Å². The molecule has 0 radical (unpaired) electrons. The molecule has 0 spiro atoms. The molecule has 0 N–H and O–H groups in total. The number of hydrogen-bond donors (Lipinski definition) is 0. The Hall–Kier alpha value is -14.2. The van der Waals surface area contributed by atoms with Crippen molar-refractivity contribution in [2.75, 3.05) is 0 Å². The molecule has 1 aliphatic heterocycles. The Balaban J connectivity index is 0.000000129. The van der Waals surface area contributed by atoms with Gasteiger partial charge in [0.2, 0.25) is 5.28 Å². The number of aromatic nitrogens is 6. The first kappa shape index (κ1) is 77.4. The summed E-state index contributed by atoms with van der Waals surface area (Å²) in [5.41, 5.74) is 28.3. The van der Waals surface area contributed by atoms with E-state index in [1.807, 2.05) is 97.1 Å². The molecule has 1 fully saturated rings. The maximum Gasteiger partial charge on any atom is 0.494 e. The fourth-order valence-corrected chi connectivity index (χ4v) is 20.4. The standard InChI is InChI=1S/C53H35N3.C44H37BO2.C15H10ClN3.CH3/c1-5-19-36(20-6-1)49-54-50(37-21-7-2-8-22-37)56-51(55-49)38-23-17-28-41(35-38)52(39-24-9-3-10-25-39)45-32-15-16-33-46(45)53(40-26-11-4-12-27-40)44-31-14-13-29-42(44)43-30-18-34-47(52)48(43)53;1-41(2)42(3,4)47-45(46-41)33-22-15-21-32(29-33)43(30-17-7-5-8-18-30)37-26-13-14-27-38(37)44(31-19-9-6-10-20-31)36-25-12-11-23-34(36)35-24-16-28-39(43)40(35)44;16-15-18-13(11-7-3-1-4-8-11)17-14(19-15)12-9-5-2-6-10-12;/h1-35H;5-29H,1-4H3;1-10H;1H3/q;;;-1. The van der Waals surface area contributed by atoms with Gasteiger partial charge in [0.1, 0.15) is 0 Å². The van der Waals surface area contributed by atoms with Crippen LogP contribution < -0.4 is 5.46 Å². The molecule has 23 rings (SSSR count). The van der Waals surface area contributed by atoms with Gasteiger partial charge < -0.3 is 16.7 Å². The highest BCUT2D eigenvalue weighted by Crippen LogP contribution is 2.68. The van der Waals surface area contributed by atoms with E-state index in [0.717, 1.165) is 38.8 Å². The van der Waals surface area contributed by atoms with Gasteiger partial charge in [-0.2, -0.15) is 9.97 Å². The predicted octanol–water partition coefficient (Wildman–Crippen LogP) is 25.3. The zero-order valence-electron chi connectivity index (χ0n) is 68.9. The van der Waals surface area contributed by atoms with Crippen molar-refractivity contribution < 1.29 is 9.31 Å². The molecule has 8 nitrogen and oxygen atoms in total. The number of benzene rings is 16. The lowest BCUT2D eigenvalue weighted by molar-refractivity contribution is 0.00578. The van der Waals surface area contributed by atoms with Crippen LogP contribution in [-0.4, -0.2) is 48.2 Å². The summed E-state index contributed by atoms with van der Waals surface area (Å²) >= 11 is 5.99. The van der Waals surface area contributed by atoms with Crippen LogP contribution >= 0.6 is 11.6 Å². The van der Waals surface area contributed by atoms with Crippen LogP contribution in [-0.2, 0) is 31.0 Å². The lowest BCUT2D eigenvalue weighted by atomic mass is 9.51. The Labute approximate surface area is 724 Å². The van der Waals surface area contributed by atoms with E-state index < -0.39 is 40.0 Å². The van der Waals surface area contributed by atoms with Gasteiger partial charge in [0.25, 0.3) is 0 Å². The van der Waals surface area contributed by atoms with Crippen molar-refractivity contribution in [1.82, 2.24) is 29.9 Å². The molecule has 0 saturated carbocycles. The van der Waals surface area contributed by atoms with Crippen molar-refractivity contribution in [2.45, 2.75) is 60.6 Å². The van der Waals surface area contributed by atoms with Crippen molar-refractivity contribution in [3.63, 3.8) is 0 Å². The van der Waals surface area contributed by atoms with Crippen LogP contribution in [0, 0.1) is 7.43 Å². The molecule has 2 aromatic heterocycles. The second-order valence-electron chi connectivity index (χ2n) is 32.9. The van der Waals surface area contributed by atoms with E-state index in [0.29, 0.717) is 29.1 Å². The zero-order chi connectivity index (χ0) is 82.2. The van der Waals surface area contributed by atoms with Crippen LogP contribution in [0.15, 0.2) is 425 Å². The molecule has 0 bridgehead atoms. The van der Waals surface area contributed by atoms with Crippen molar-refractivity contribution in [3.8, 4) is 79.2 Å². The summed E-state index contributed by atoms with van der Waals surface area (Å²) in [6.45, 7) is 8.48. The van der Waals surface area contributed by atoms with Gasteiger partial charge in [0, 0.05) is 27.8 Å². The highest BCUT2D eigenvalue weighted by molar-refractivity contribution is 6.62. The SMILES string of the molecule is CC1(C)OB(c2cccc(C3(c4ccccc4)c4ccccc4C4(c5ccccc5)c5ccccc5-c5cccc3c54)c2)OC1(C)C.Clc1nc(-c2ccccc2)nc(-c2ccccc2)n1.[CH3-].c1ccc(-c2nc(-c3ccccc3)nc(-c3cccc(C4(c5ccccc5)c5ccccc5C5(c6ccccc6)c6ccccc6-c6cccc4c65)c3)n2)cc1. The summed E-state index contributed by atoms with van der Waals surface area (Å²) in [6.07, 6.45) is 0. The number of rotatable bonds is 12. The molecular formula is C113H85BClN6O2-. The van der Waals surface area contributed by atoms with Crippen LogP contribution in [0.2, 0.25) is 5.28 Å². The van der Waals surface area contributed by atoms with E-state index in [1.54, 1.807) is 0 Å². The van der Waals surface area contributed by atoms with Crippen LogP contribution in [0.3, 0.4) is 0 Å². The van der Waals surface area contributed by atoms with Crippen LogP contribution in [0.4, 0.5) is 0 Å². The molecule has 1 saturated heterocycles. The van der Waals surface area contributed by atoms with Gasteiger partial charge in [0.05, 0.1) is 32.9 Å². The molecule has 16 aromatic carbocycles. The molecule has 4 aliphatic carbocycles. The molecule has 3 heterocycles. The van der Waals surface area contributed by atoms with Gasteiger partial charge in [-0.3, -0.25) is 0 Å². The normalized spacial score (nSPS) is 18.2. The molecule has 0 amide bonds. The maximum absolute atomic E-state index is 6.61. The molecular weight excluding hydrogens is 1520 g/mol. The smallest absolute Gasteiger partial charge is 0.399 e. The summed E-state index contributed by atoms with van der Waals surface area (Å²) in [5, 5.41) is 0.202. The number of fused-ring (bicyclic) bond motifs is 10. The first-order valence-corrected chi connectivity index (χ1v) is 42.1. The van der Waals surface area contributed by atoms with E-state index in [-0.39, 0.29) is 12.7 Å². The maximum atomic E-state index is 6.61. The van der Waals surface area contributed by atoms with Gasteiger partial charge in [-0.25, -0.2) is 19.9 Å². The second-order valence-corrected chi connectivity index (χ2v) is 33.3. The van der Waals surface area contributed by atoms with E-state index in [2.05, 4.69) is 370 Å². The molecule has 4 atom stereocenters. The fourth-order valence-electron chi connectivity index (χ4n) is 20.2. The number of nitrogens with zero attached hydrogens (tertiary/aromatic N) is 6. The minimum atomic E-state index is -0.670. The van der Waals surface area contributed by atoms with E-state index >= 15 is 0 Å². The van der Waals surface area contributed by atoms with Crippen molar-refractivity contribution in [2.24, 2.45) is 0 Å². The minimum absolute atomic E-state index is 0. The summed E-state index contributed by atoms with van der Waals surface area (Å²) in [5.74, 6) is 3.09. The van der Waals surface area contributed by atoms with Crippen molar-refractivity contribution in [3.05, 3.63) is 526 Å². The van der Waals surface area contributed by atoms with Gasteiger partial charge in [-0.1, -0.05) is 419 Å². The van der Waals surface area contributed by atoms with Crippen LogP contribution in [0.25, 0.3) is 79.2 Å². The van der Waals surface area contributed by atoms with E-state index in [4.69, 9.17) is 35.9 Å². The zero-order valence-corrected chi connectivity index (χ0v) is 69.6. The number of halogens is 1. The Morgan fingerprint density at radius 2 is 0.463 bits per heavy atom. The molecule has 10 heteroatoms. The van der Waals surface area contributed by atoms with Crippen molar-refractivity contribution in [1.29, 1.82) is 0 Å². The van der Waals surface area contributed by atoms with Crippen LogP contribution in [0.1, 0.15) is 117 Å². The quantitative estimate of drug-likeness (QED) is 0.0882. The predicted molar refractivity (Wildman–Crippen MR) is 499 cm³/mol. The third-order valence-electron chi connectivity index (χ3n) is 26.0. The largest absolute Gasteiger partial charge is 0.494 e. The minimum Gasteiger partial charge on any atom is -0.399 e. The third-order valence-corrected chi connectivity index (χ3v) is 26.2. The highest BCUT2D eigenvalue weighted by atomic mass is 35.5. The Morgan fingerprint density at radius 1 is 0.220 bits per heavy atom. The average Bonchev–Trinajstić information content (AvgIpc) is 1.54. The lowest BCUT2D eigenvalue weighted by Crippen LogP contribution is -2.45. The Morgan fingerprint density at radius 3 is 0.829 bits per heavy atom. The molecule has 4 unspecified atom stereocenters. The summed E-state index contributed by atoms with van der Waals surface area (Å²) in [4.78, 5) is 28.1. The Bertz CT molecular complexity index is 6860. The monoisotopic (exact) mass is 1600 g/mol. The van der Waals surface area contributed by atoms with Gasteiger partial charge in [0.15, 0.2) is 29.1 Å². The Kier molecular flexibility index (Phi) is 19.6. The highest BCUT2D eigenvalue weighted by Gasteiger charge is 2.60.